The first kappa shape index (κ1) is 23.6. The Kier molecular flexibility index (Phi) is 8.52. The molecular weight excluding hydrogens is 412 g/mol. The van der Waals surface area contributed by atoms with E-state index in [9.17, 15) is 14.4 Å². The molecule has 0 heterocycles. The van der Waals surface area contributed by atoms with Gasteiger partial charge in [-0.1, -0.05) is 0 Å². The number of carbonyl (C=O) groups is 3. The van der Waals surface area contributed by atoms with Gasteiger partial charge in [-0.15, -0.1) is 0 Å². The van der Waals surface area contributed by atoms with E-state index >= 15 is 0 Å². The van der Waals surface area contributed by atoms with Gasteiger partial charge in [0.2, 0.25) is 5.91 Å². The van der Waals surface area contributed by atoms with Crippen molar-refractivity contribution >= 4 is 23.9 Å². The molecule has 0 radical (unpaired) electrons. The van der Waals surface area contributed by atoms with Crippen LogP contribution in [0.4, 0.5) is 0 Å². The molecule has 0 spiro atoms. The fourth-order valence-electron chi connectivity index (χ4n) is 2.57. The quantitative estimate of drug-likeness (QED) is 0.368. The van der Waals surface area contributed by atoms with Crippen molar-refractivity contribution in [3.8, 4) is 17.9 Å². The zero-order chi connectivity index (χ0) is 23.5. The van der Waals surface area contributed by atoms with Gasteiger partial charge in [0, 0.05) is 18.1 Å². The number of esters is 1. The maximum atomic E-state index is 12.2. The number of nitriles is 2. The van der Waals surface area contributed by atoms with Gasteiger partial charge >= 0.3 is 5.97 Å². The van der Waals surface area contributed by atoms with E-state index < -0.39 is 11.9 Å². The van der Waals surface area contributed by atoms with Crippen LogP contribution in [0.15, 0.2) is 48.2 Å². The van der Waals surface area contributed by atoms with Gasteiger partial charge in [0.15, 0.2) is 0 Å². The third-order valence-corrected chi connectivity index (χ3v) is 4.08. The van der Waals surface area contributed by atoms with Crippen molar-refractivity contribution in [3.05, 3.63) is 70.4 Å². The summed E-state index contributed by atoms with van der Waals surface area (Å²) in [5.41, 5.74) is 1.52. The lowest BCUT2D eigenvalue weighted by molar-refractivity contribution is -0.137. The van der Waals surface area contributed by atoms with Gasteiger partial charge in [0.05, 0.1) is 36.9 Å². The molecule has 2 rings (SSSR count). The molecule has 2 amide bonds. The summed E-state index contributed by atoms with van der Waals surface area (Å²) in [7, 11) is 1.19. The number of hydrogen-bond acceptors (Lipinski definition) is 7. The van der Waals surface area contributed by atoms with Gasteiger partial charge in [-0.25, -0.2) is 4.79 Å². The second kappa shape index (κ2) is 11.5. The predicted molar refractivity (Wildman–Crippen MR) is 114 cm³/mol. The second-order valence-electron chi connectivity index (χ2n) is 6.39. The maximum absolute atomic E-state index is 12.2. The summed E-state index contributed by atoms with van der Waals surface area (Å²) in [4.78, 5) is 35.5. The molecule has 162 valence electrons. The summed E-state index contributed by atoms with van der Waals surface area (Å²) in [6.45, 7) is 1.49. The van der Waals surface area contributed by atoms with E-state index in [4.69, 9.17) is 15.3 Å². The Morgan fingerprint density at radius 1 is 1.03 bits per heavy atom. The lowest BCUT2D eigenvalue weighted by Gasteiger charge is -2.12. The minimum absolute atomic E-state index is 0.0748. The number of methoxy groups -OCH3 is 1. The predicted octanol–water partition coefficient (Wildman–Crippen LogP) is 1.89. The van der Waals surface area contributed by atoms with Crippen molar-refractivity contribution in [1.82, 2.24) is 10.6 Å². The monoisotopic (exact) mass is 432 g/mol. The molecule has 0 saturated carbocycles. The van der Waals surface area contributed by atoms with Crippen LogP contribution in [-0.4, -0.2) is 38.0 Å². The normalized spacial score (nSPS) is 10.3. The van der Waals surface area contributed by atoms with E-state index in [0.29, 0.717) is 22.3 Å². The van der Waals surface area contributed by atoms with Crippen LogP contribution in [0.5, 0.6) is 5.75 Å². The number of benzene rings is 2. The highest BCUT2D eigenvalue weighted by molar-refractivity contribution is 5.97. The first-order valence-electron chi connectivity index (χ1n) is 9.41. The summed E-state index contributed by atoms with van der Waals surface area (Å²) in [6, 6.07) is 14.7. The average molecular weight is 432 g/mol. The molecule has 0 aliphatic carbocycles. The van der Waals surface area contributed by atoms with Crippen molar-refractivity contribution < 1.29 is 23.9 Å². The molecule has 0 saturated heterocycles. The Morgan fingerprint density at radius 2 is 1.69 bits per heavy atom. The average Bonchev–Trinajstić information content (AvgIpc) is 2.81. The third-order valence-electron chi connectivity index (χ3n) is 4.08. The minimum atomic E-state index is -0.745. The fraction of sp³-hybridized carbons (Fsp3) is 0.174. The largest absolute Gasteiger partial charge is 0.491 e. The smallest absolute Gasteiger partial charge is 0.354 e. The van der Waals surface area contributed by atoms with Crippen LogP contribution >= 0.6 is 0 Å². The first-order chi connectivity index (χ1) is 15.4. The van der Waals surface area contributed by atoms with Crippen LogP contribution in [0.25, 0.3) is 6.08 Å². The SMILES string of the molecule is COC(=O)/C(=C/c1ccc(C#N)cc1OCCNC(=O)c1ccc(C#N)cc1)NC(C)=O. The Labute approximate surface area is 184 Å². The molecule has 0 atom stereocenters. The highest BCUT2D eigenvalue weighted by Crippen LogP contribution is 2.23. The number of carbonyl (C=O) groups excluding carboxylic acids is 3. The highest BCUT2D eigenvalue weighted by atomic mass is 16.5. The summed E-state index contributed by atoms with van der Waals surface area (Å²) < 4.78 is 10.4. The number of nitrogens with one attached hydrogen (secondary N) is 2. The van der Waals surface area contributed by atoms with Crippen LogP contribution in [0.3, 0.4) is 0 Å². The van der Waals surface area contributed by atoms with Crippen LogP contribution in [0, 0.1) is 22.7 Å². The second-order valence-corrected chi connectivity index (χ2v) is 6.39. The molecular formula is C23H20N4O5. The van der Waals surface area contributed by atoms with Gasteiger partial charge in [0.1, 0.15) is 18.1 Å². The molecule has 2 N–H and O–H groups in total. The molecule has 0 fully saturated rings. The zero-order valence-electron chi connectivity index (χ0n) is 17.5. The number of hydrogen-bond donors (Lipinski definition) is 2. The molecule has 2 aromatic carbocycles. The van der Waals surface area contributed by atoms with Gasteiger partial charge in [-0.05, 0) is 48.5 Å². The Morgan fingerprint density at radius 3 is 2.28 bits per heavy atom. The van der Waals surface area contributed by atoms with E-state index in [1.54, 1.807) is 30.3 Å². The van der Waals surface area contributed by atoms with Crippen molar-refractivity contribution in [2.45, 2.75) is 6.92 Å². The lowest BCUT2D eigenvalue weighted by atomic mass is 10.1. The summed E-state index contributed by atoms with van der Waals surface area (Å²) in [6.07, 6.45) is 1.37. The van der Waals surface area contributed by atoms with Gasteiger partial charge < -0.3 is 20.1 Å². The highest BCUT2D eigenvalue weighted by Gasteiger charge is 2.14. The molecule has 32 heavy (non-hydrogen) atoms. The van der Waals surface area contributed by atoms with E-state index in [1.807, 2.05) is 12.1 Å². The molecule has 0 aliphatic rings. The molecule has 9 nitrogen and oxygen atoms in total. The van der Waals surface area contributed by atoms with E-state index in [-0.39, 0.29) is 30.5 Å². The molecule has 2 aromatic rings. The van der Waals surface area contributed by atoms with E-state index in [2.05, 4.69) is 15.4 Å². The summed E-state index contributed by atoms with van der Waals surface area (Å²) in [5.74, 6) is -1.25. The van der Waals surface area contributed by atoms with Gasteiger partial charge in [-0.3, -0.25) is 9.59 Å². The van der Waals surface area contributed by atoms with Crippen LogP contribution < -0.4 is 15.4 Å². The van der Waals surface area contributed by atoms with Crippen molar-refractivity contribution in [3.63, 3.8) is 0 Å². The molecule has 9 heteroatoms. The maximum Gasteiger partial charge on any atom is 0.354 e. The molecule has 0 unspecified atom stereocenters. The van der Waals surface area contributed by atoms with E-state index in [1.165, 1.54) is 32.2 Å². The topological polar surface area (TPSA) is 141 Å². The van der Waals surface area contributed by atoms with Gasteiger partial charge in [0.25, 0.3) is 5.91 Å². The van der Waals surface area contributed by atoms with Crippen molar-refractivity contribution in [2.75, 3.05) is 20.3 Å². The van der Waals surface area contributed by atoms with Gasteiger partial charge in [-0.2, -0.15) is 10.5 Å². The van der Waals surface area contributed by atoms with Crippen LogP contribution in [0.1, 0.15) is 34.0 Å². The molecule has 0 aromatic heterocycles. The summed E-state index contributed by atoms with van der Waals surface area (Å²) >= 11 is 0. The third kappa shape index (κ3) is 6.71. The van der Waals surface area contributed by atoms with Crippen LogP contribution in [0.2, 0.25) is 0 Å². The number of amides is 2. The number of nitrogens with zero attached hydrogens (tertiary/aromatic N) is 2. The number of ether oxygens (including phenoxy) is 2. The first-order valence-corrected chi connectivity index (χ1v) is 9.41. The molecule has 0 bridgehead atoms. The van der Waals surface area contributed by atoms with Crippen molar-refractivity contribution in [2.24, 2.45) is 0 Å². The Balaban J connectivity index is 2.11. The molecule has 0 aliphatic heterocycles. The Hall–Kier alpha value is -4.63. The standard InChI is InChI=1S/C23H20N4O5/c1-15(28)27-20(23(30)31-2)12-19-8-5-17(14-25)11-21(19)32-10-9-26-22(29)18-6-3-16(13-24)4-7-18/h3-8,11-12H,9-10H2,1-2H3,(H,26,29)(H,27,28)/b20-12-. The zero-order valence-corrected chi connectivity index (χ0v) is 17.5. The summed E-state index contributed by atoms with van der Waals surface area (Å²) in [5, 5.41) is 23.1. The number of rotatable bonds is 8. The van der Waals surface area contributed by atoms with E-state index in [0.717, 1.165) is 0 Å². The Bertz CT molecular complexity index is 1120. The lowest BCUT2D eigenvalue weighted by Crippen LogP contribution is -2.28. The minimum Gasteiger partial charge on any atom is -0.491 e. The fourth-order valence-corrected chi connectivity index (χ4v) is 2.57. The van der Waals surface area contributed by atoms with Crippen molar-refractivity contribution in [1.29, 1.82) is 10.5 Å². The van der Waals surface area contributed by atoms with Crippen LogP contribution in [-0.2, 0) is 14.3 Å².